The van der Waals surface area contributed by atoms with Crippen molar-refractivity contribution in [2.75, 3.05) is 0 Å². The lowest BCUT2D eigenvalue weighted by Gasteiger charge is -2.30. The summed E-state index contributed by atoms with van der Waals surface area (Å²) in [5.74, 6) is 1.41. The molecule has 106 valence electrons. The van der Waals surface area contributed by atoms with Gasteiger partial charge in [-0.2, -0.15) is 0 Å². The second-order valence-electron chi connectivity index (χ2n) is 6.27. The minimum absolute atomic E-state index is 0.145. The van der Waals surface area contributed by atoms with E-state index in [0.717, 1.165) is 27.8 Å². The van der Waals surface area contributed by atoms with Gasteiger partial charge in [-0.25, -0.2) is 4.39 Å². The van der Waals surface area contributed by atoms with Gasteiger partial charge in [0.15, 0.2) is 5.78 Å². The fraction of sp³-hybridized carbons (Fsp3) is 0.471. The number of Topliss-reactive ketones (excluding diaryl/α,β-unsaturated/α-hetero) is 1. The zero-order valence-corrected chi connectivity index (χ0v) is 12.7. The van der Waals surface area contributed by atoms with Gasteiger partial charge in [-0.1, -0.05) is 13.8 Å². The van der Waals surface area contributed by atoms with Gasteiger partial charge in [0.1, 0.15) is 5.82 Å². The van der Waals surface area contributed by atoms with Crippen LogP contribution in [0.5, 0.6) is 0 Å². The summed E-state index contributed by atoms with van der Waals surface area (Å²) in [6, 6.07) is 6.58. The summed E-state index contributed by atoms with van der Waals surface area (Å²) >= 11 is 1.49. The van der Waals surface area contributed by atoms with Crippen molar-refractivity contribution in [3.63, 3.8) is 0 Å². The third kappa shape index (κ3) is 2.64. The molecule has 1 aromatic carbocycles. The van der Waals surface area contributed by atoms with Crippen molar-refractivity contribution < 1.29 is 9.18 Å². The van der Waals surface area contributed by atoms with Crippen molar-refractivity contribution in [3.05, 3.63) is 35.0 Å². The van der Waals surface area contributed by atoms with Crippen molar-refractivity contribution in [1.29, 1.82) is 0 Å². The Hall–Kier alpha value is -1.22. The minimum Gasteiger partial charge on any atom is -0.293 e. The molecule has 1 heterocycles. The number of fused-ring (bicyclic) bond motifs is 1. The Bertz CT molecular complexity index is 635. The van der Waals surface area contributed by atoms with Crippen LogP contribution < -0.4 is 0 Å². The summed E-state index contributed by atoms with van der Waals surface area (Å²) in [5, 5.41) is 0.843. The maximum atomic E-state index is 13.2. The molecule has 3 heteroatoms. The Morgan fingerprint density at radius 3 is 2.55 bits per heavy atom. The van der Waals surface area contributed by atoms with E-state index >= 15 is 0 Å². The van der Waals surface area contributed by atoms with Gasteiger partial charge in [0, 0.05) is 10.6 Å². The van der Waals surface area contributed by atoms with Gasteiger partial charge in [0.05, 0.1) is 4.88 Å². The number of halogens is 1. The van der Waals surface area contributed by atoms with Gasteiger partial charge in [0.2, 0.25) is 0 Å². The monoisotopic (exact) mass is 290 g/mol. The van der Waals surface area contributed by atoms with Crippen LogP contribution in [0.3, 0.4) is 0 Å². The van der Waals surface area contributed by atoms with Gasteiger partial charge >= 0.3 is 0 Å². The fourth-order valence-corrected chi connectivity index (χ4v) is 4.56. The summed E-state index contributed by atoms with van der Waals surface area (Å²) in [6.07, 6.45) is 3.21. The first kappa shape index (κ1) is 13.7. The standard InChI is InChI=1S/C17H19FOS/c1-10-5-11(2)7-13(6-10)17(19)16-9-12-8-14(18)3-4-15(12)20-16/h3-4,8-11,13H,5-7H2,1-2H3. The van der Waals surface area contributed by atoms with Crippen LogP contribution in [0.15, 0.2) is 24.3 Å². The first-order valence-electron chi connectivity index (χ1n) is 7.26. The average molecular weight is 290 g/mol. The molecule has 2 unspecified atom stereocenters. The summed E-state index contributed by atoms with van der Waals surface area (Å²) in [7, 11) is 0. The van der Waals surface area contributed by atoms with Crippen molar-refractivity contribution in [2.45, 2.75) is 33.1 Å². The zero-order chi connectivity index (χ0) is 14.3. The number of rotatable bonds is 2. The highest BCUT2D eigenvalue weighted by atomic mass is 32.1. The van der Waals surface area contributed by atoms with Crippen molar-refractivity contribution in [3.8, 4) is 0 Å². The maximum absolute atomic E-state index is 13.2. The van der Waals surface area contributed by atoms with Gasteiger partial charge < -0.3 is 0 Å². The smallest absolute Gasteiger partial charge is 0.175 e. The SMILES string of the molecule is CC1CC(C)CC(C(=O)c2cc3cc(F)ccc3s2)C1. The normalized spacial score (nSPS) is 26.9. The molecule has 1 aliphatic carbocycles. The van der Waals surface area contributed by atoms with Crippen LogP contribution in [0.2, 0.25) is 0 Å². The van der Waals surface area contributed by atoms with Crippen LogP contribution in [0.1, 0.15) is 42.8 Å². The summed E-state index contributed by atoms with van der Waals surface area (Å²) in [5.41, 5.74) is 0. The van der Waals surface area contributed by atoms with Gasteiger partial charge in [0.25, 0.3) is 0 Å². The summed E-state index contributed by atoms with van der Waals surface area (Å²) < 4.78 is 14.2. The largest absolute Gasteiger partial charge is 0.293 e. The lowest BCUT2D eigenvalue weighted by molar-refractivity contribution is 0.0840. The Balaban J connectivity index is 1.88. The van der Waals surface area contributed by atoms with Crippen molar-refractivity contribution in [2.24, 2.45) is 17.8 Å². The highest BCUT2D eigenvalue weighted by molar-refractivity contribution is 7.20. The van der Waals surface area contributed by atoms with Gasteiger partial charge in [-0.05, 0) is 60.7 Å². The Morgan fingerprint density at radius 2 is 1.85 bits per heavy atom. The highest BCUT2D eigenvalue weighted by Gasteiger charge is 2.30. The quantitative estimate of drug-likeness (QED) is 0.686. The Morgan fingerprint density at radius 1 is 1.15 bits per heavy atom. The van der Waals surface area contributed by atoms with Crippen LogP contribution >= 0.6 is 11.3 Å². The van der Waals surface area contributed by atoms with E-state index in [0.29, 0.717) is 11.8 Å². The van der Waals surface area contributed by atoms with Gasteiger partial charge in [-0.3, -0.25) is 4.79 Å². The lowest BCUT2D eigenvalue weighted by atomic mass is 9.75. The number of ketones is 1. The Kier molecular flexibility index (Phi) is 3.63. The first-order valence-corrected chi connectivity index (χ1v) is 8.08. The molecule has 0 bridgehead atoms. The second-order valence-corrected chi connectivity index (χ2v) is 7.36. The second kappa shape index (κ2) is 5.28. The molecule has 2 atom stereocenters. The molecule has 3 rings (SSSR count). The van der Waals surface area contributed by atoms with E-state index in [1.54, 1.807) is 6.07 Å². The number of carbonyl (C=O) groups is 1. The first-order chi connectivity index (χ1) is 9.52. The number of thiophene rings is 1. The van der Waals surface area contributed by atoms with E-state index in [-0.39, 0.29) is 17.5 Å². The molecule has 20 heavy (non-hydrogen) atoms. The fourth-order valence-electron chi connectivity index (χ4n) is 3.50. The van der Waals surface area contributed by atoms with Crippen molar-refractivity contribution >= 4 is 27.2 Å². The molecular weight excluding hydrogens is 271 g/mol. The number of benzene rings is 1. The van der Waals surface area contributed by atoms with Crippen LogP contribution in [0, 0.1) is 23.6 Å². The predicted molar refractivity (Wildman–Crippen MR) is 81.8 cm³/mol. The third-order valence-corrected chi connectivity index (χ3v) is 5.40. The summed E-state index contributed by atoms with van der Waals surface area (Å²) in [4.78, 5) is 13.5. The van der Waals surface area contributed by atoms with Crippen LogP contribution in [0.25, 0.3) is 10.1 Å². The average Bonchev–Trinajstić information content (AvgIpc) is 2.79. The van der Waals surface area contributed by atoms with E-state index in [1.165, 1.54) is 29.9 Å². The van der Waals surface area contributed by atoms with E-state index < -0.39 is 0 Å². The van der Waals surface area contributed by atoms with Gasteiger partial charge in [-0.15, -0.1) is 11.3 Å². The lowest BCUT2D eigenvalue weighted by Crippen LogP contribution is -2.25. The molecule has 0 saturated heterocycles. The highest BCUT2D eigenvalue weighted by Crippen LogP contribution is 2.37. The predicted octanol–water partition coefficient (Wildman–Crippen LogP) is 5.30. The third-order valence-electron chi connectivity index (χ3n) is 4.27. The van der Waals surface area contributed by atoms with E-state index in [2.05, 4.69) is 13.8 Å². The van der Waals surface area contributed by atoms with Crippen LogP contribution in [0.4, 0.5) is 4.39 Å². The number of hydrogen-bond donors (Lipinski definition) is 0. The molecule has 2 aromatic rings. The topological polar surface area (TPSA) is 17.1 Å². The molecule has 1 aromatic heterocycles. The molecule has 1 saturated carbocycles. The maximum Gasteiger partial charge on any atom is 0.175 e. The number of carbonyl (C=O) groups excluding carboxylic acids is 1. The minimum atomic E-state index is -0.241. The van der Waals surface area contributed by atoms with Crippen LogP contribution in [-0.2, 0) is 0 Å². The zero-order valence-electron chi connectivity index (χ0n) is 11.9. The molecule has 0 aliphatic heterocycles. The summed E-state index contributed by atoms with van der Waals surface area (Å²) in [6.45, 7) is 4.46. The van der Waals surface area contributed by atoms with E-state index in [1.807, 2.05) is 6.07 Å². The molecule has 0 N–H and O–H groups in total. The molecule has 0 radical (unpaired) electrons. The number of hydrogen-bond acceptors (Lipinski definition) is 2. The van der Waals surface area contributed by atoms with Crippen molar-refractivity contribution in [1.82, 2.24) is 0 Å². The molecule has 1 nitrogen and oxygen atoms in total. The molecule has 1 fully saturated rings. The van der Waals surface area contributed by atoms with E-state index in [4.69, 9.17) is 0 Å². The van der Waals surface area contributed by atoms with Crippen LogP contribution in [-0.4, -0.2) is 5.78 Å². The molecule has 0 amide bonds. The molecule has 1 aliphatic rings. The Labute approximate surface area is 122 Å². The van der Waals surface area contributed by atoms with E-state index in [9.17, 15) is 9.18 Å². The molecule has 0 spiro atoms. The molecular formula is C17H19FOS.